The number of carbonyl (C=O) groups is 2. The van der Waals surface area contributed by atoms with Crippen LogP contribution in [-0.2, 0) is 9.59 Å². The molecule has 0 aromatic heterocycles. The van der Waals surface area contributed by atoms with E-state index in [-0.39, 0.29) is 36.8 Å². The Hall–Kier alpha value is -2.15. The number of carbonyl (C=O) groups excluding carboxylic acids is 2. The Bertz CT molecular complexity index is 513. The van der Waals surface area contributed by atoms with Crippen molar-refractivity contribution in [3.05, 3.63) is 30.1 Å². The van der Waals surface area contributed by atoms with Crippen molar-refractivity contribution in [1.29, 1.82) is 0 Å². The van der Waals surface area contributed by atoms with Crippen molar-refractivity contribution in [3.63, 3.8) is 0 Å². The molecule has 0 radical (unpaired) electrons. The summed E-state index contributed by atoms with van der Waals surface area (Å²) in [4.78, 5) is 24.6. The molecule has 6 nitrogen and oxygen atoms in total. The molecule has 22 heavy (non-hydrogen) atoms. The minimum atomic E-state index is -0.345. The first kappa shape index (κ1) is 16.2. The fourth-order valence-electron chi connectivity index (χ4n) is 2.29. The van der Waals surface area contributed by atoms with E-state index in [1.54, 1.807) is 17.0 Å². The highest BCUT2D eigenvalue weighted by atomic mass is 19.1. The van der Waals surface area contributed by atoms with Crippen LogP contribution in [0.25, 0.3) is 0 Å². The SMILES string of the molecule is NCC(=O)NCC(=O)N1CCC(Oc2ccc(F)cc2)CC1. The summed E-state index contributed by atoms with van der Waals surface area (Å²) in [6.45, 7) is 0.993. The van der Waals surface area contributed by atoms with Gasteiger partial charge in [-0.25, -0.2) is 4.39 Å². The van der Waals surface area contributed by atoms with Crippen LogP contribution in [0.1, 0.15) is 12.8 Å². The van der Waals surface area contributed by atoms with Crippen molar-refractivity contribution in [1.82, 2.24) is 10.2 Å². The van der Waals surface area contributed by atoms with Crippen molar-refractivity contribution in [2.75, 3.05) is 26.2 Å². The zero-order valence-corrected chi connectivity index (χ0v) is 12.3. The van der Waals surface area contributed by atoms with Gasteiger partial charge in [0, 0.05) is 25.9 Å². The first-order valence-electron chi connectivity index (χ1n) is 7.25. The standard InChI is InChI=1S/C15H20FN3O3/c16-11-1-3-12(4-2-11)22-13-5-7-19(8-6-13)15(21)10-18-14(20)9-17/h1-4,13H,5-10,17H2,(H,18,20). The predicted octanol–water partition coefficient (Wildman–Crippen LogP) is 0.270. The number of ether oxygens (including phenoxy) is 1. The third kappa shape index (κ3) is 4.70. The number of amides is 2. The molecule has 120 valence electrons. The third-order valence-electron chi connectivity index (χ3n) is 3.53. The van der Waals surface area contributed by atoms with Gasteiger partial charge in [0.05, 0.1) is 13.1 Å². The Labute approximate surface area is 128 Å². The molecule has 1 aromatic rings. The summed E-state index contributed by atoms with van der Waals surface area (Å²) in [5.41, 5.74) is 5.16. The van der Waals surface area contributed by atoms with E-state index in [2.05, 4.69) is 5.32 Å². The van der Waals surface area contributed by atoms with Gasteiger partial charge in [-0.1, -0.05) is 0 Å². The van der Waals surface area contributed by atoms with Crippen LogP contribution < -0.4 is 15.8 Å². The second-order valence-corrected chi connectivity index (χ2v) is 5.13. The molecule has 0 atom stereocenters. The Morgan fingerprint density at radius 1 is 1.27 bits per heavy atom. The lowest BCUT2D eigenvalue weighted by Crippen LogP contribution is -2.46. The van der Waals surface area contributed by atoms with Gasteiger partial charge in [-0.2, -0.15) is 0 Å². The molecule has 1 aliphatic heterocycles. The number of benzene rings is 1. The van der Waals surface area contributed by atoms with Crippen LogP contribution >= 0.6 is 0 Å². The summed E-state index contributed by atoms with van der Waals surface area (Å²) < 4.78 is 18.6. The van der Waals surface area contributed by atoms with Crippen molar-refractivity contribution in [2.45, 2.75) is 18.9 Å². The first-order chi connectivity index (χ1) is 10.6. The van der Waals surface area contributed by atoms with Gasteiger partial charge in [0.15, 0.2) is 0 Å². The second-order valence-electron chi connectivity index (χ2n) is 5.13. The van der Waals surface area contributed by atoms with Crippen LogP contribution in [0.3, 0.4) is 0 Å². The van der Waals surface area contributed by atoms with Crippen molar-refractivity contribution >= 4 is 11.8 Å². The van der Waals surface area contributed by atoms with E-state index >= 15 is 0 Å². The van der Waals surface area contributed by atoms with E-state index < -0.39 is 0 Å². The lowest BCUT2D eigenvalue weighted by Gasteiger charge is -2.32. The van der Waals surface area contributed by atoms with Gasteiger partial charge in [0.1, 0.15) is 17.7 Å². The number of hydrogen-bond acceptors (Lipinski definition) is 4. The summed E-state index contributed by atoms with van der Waals surface area (Å²) >= 11 is 0. The van der Waals surface area contributed by atoms with E-state index in [9.17, 15) is 14.0 Å². The molecule has 1 fully saturated rings. The molecule has 2 rings (SSSR count). The van der Waals surface area contributed by atoms with Crippen LogP contribution in [0.2, 0.25) is 0 Å². The number of nitrogens with zero attached hydrogens (tertiary/aromatic N) is 1. The van der Waals surface area contributed by atoms with Gasteiger partial charge in [0.2, 0.25) is 11.8 Å². The minimum absolute atomic E-state index is 0.00754. The quantitative estimate of drug-likeness (QED) is 0.818. The average Bonchev–Trinajstić information content (AvgIpc) is 2.55. The summed E-state index contributed by atoms with van der Waals surface area (Å²) in [6, 6.07) is 5.90. The molecule has 2 amide bonds. The summed E-state index contributed by atoms with van der Waals surface area (Å²) in [6.07, 6.45) is 1.41. The number of nitrogens with one attached hydrogen (secondary N) is 1. The Kier molecular flexibility index (Phi) is 5.71. The molecule has 3 N–H and O–H groups in total. The smallest absolute Gasteiger partial charge is 0.241 e. The van der Waals surface area contributed by atoms with E-state index in [0.29, 0.717) is 31.7 Å². The van der Waals surface area contributed by atoms with Gasteiger partial charge in [0.25, 0.3) is 0 Å². The number of nitrogens with two attached hydrogens (primary N) is 1. The van der Waals surface area contributed by atoms with Crippen molar-refractivity contribution in [2.24, 2.45) is 5.73 Å². The number of hydrogen-bond donors (Lipinski definition) is 2. The monoisotopic (exact) mass is 309 g/mol. The molecule has 1 saturated heterocycles. The molecule has 1 aliphatic rings. The second kappa shape index (κ2) is 7.74. The van der Waals surface area contributed by atoms with Crippen LogP contribution in [0.4, 0.5) is 4.39 Å². The van der Waals surface area contributed by atoms with Gasteiger partial charge in [-0.3, -0.25) is 9.59 Å². The molecular weight excluding hydrogens is 289 g/mol. The van der Waals surface area contributed by atoms with E-state index in [1.165, 1.54) is 12.1 Å². The Morgan fingerprint density at radius 2 is 1.91 bits per heavy atom. The highest BCUT2D eigenvalue weighted by Crippen LogP contribution is 2.19. The van der Waals surface area contributed by atoms with Crippen LogP contribution in [-0.4, -0.2) is 49.0 Å². The molecule has 0 spiro atoms. The number of likely N-dealkylation sites (tertiary alicyclic amines) is 1. The van der Waals surface area contributed by atoms with Crippen molar-refractivity contribution < 1.29 is 18.7 Å². The first-order valence-corrected chi connectivity index (χ1v) is 7.25. The topological polar surface area (TPSA) is 84.7 Å². The molecule has 1 aromatic carbocycles. The number of piperidine rings is 1. The maximum atomic E-state index is 12.8. The fourth-order valence-corrected chi connectivity index (χ4v) is 2.29. The molecule has 0 aliphatic carbocycles. The largest absolute Gasteiger partial charge is 0.490 e. The van der Waals surface area contributed by atoms with E-state index in [0.717, 1.165) is 0 Å². The Morgan fingerprint density at radius 3 is 2.50 bits per heavy atom. The lowest BCUT2D eigenvalue weighted by atomic mass is 10.1. The molecule has 0 saturated carbocycles. The molecule has 0 unspecified atom stereocenters. The Balaban J connectivity index is 1.74. The summed E-state index contributed by atoms with van der Waals surface area (Å²) in [7, 11) is 0. The zero-order valence-electron chi connectivity index (χ0n) is 12.3. The van der Waals surface area contributed by atoms with Crippen LogP contribution in [0, 0.1) is 5.82 Å². The third-order valence-corrected chi connectivity index (χ3v) is 3.53. The van der Waals surface area contributed by atoms with E-state index in [1.807, 2.05) is 0 Å². The highest BCUT2D eigenvalue weighted by molar-refractivity contribution is 5.85. The molecular formula is C15H20FN3O3. The normalized spacial score (nSPS) is 15.5. The highest BCUT2D eigenvalue weighted by Gasteiger charge is 2.23. The number of rotatable bonds is 5. The average molecular weight is 309 g/mol. The minimum Gasteiger partial charge on any atom is -0.490 e. The molecule has 7 heteroatoms. The van der Waals surface area contributed by atoms with Gasteiger partial charge >= 0.3 is 0 Å². The van der Waals surface area contributed by atoms with Gasteiger partial charge in [-0.15, -0.1) is 0 Å². The number of halogens is 1. The predicted molar refractivity (Wildman–Crippen MR) is 78.7 cm³/mol. The summed E-state index contributed by atoms with van der Waals surface area (Å²) in [5.74, 6) is -0.140. The van der Waals surface area contributed by atoms with Gasteiger partial charge in [-0.05, 0) is 24.3 Å². The lowest BCUT2D eigenvalue weighted by molar-refractivity contribution is -0.134. The van der Waals surface area contributed by atoms with Crippen LogP contribution in [0.15, 0.2) is 24.3 Å². The van der Waals surface area contributed by atoms with Crippen LogP contribution in [0.5, 0.6) is 5.75 Å². The molecule has 0 bridgehead atoms. The zero-order chi connectivity index (χ0) is 15.9. The maximum Gasteiger partial charge on any atom is 0.241 e. The van der Waals surface area contributed by atoms with Crippen molar-refractivity contribution in [3.8, 4) is 5.75 Å². The van der Waals surface area contributed by atoms with Gasteiger partial charge < -0.3 is 20.7 Å². The molecule has 1 heterocycles. The summed E-state index contributed by atoms with van der Waals surface area (Å²) in [5, 5.41) is 2.46. The van der Waals surface area contributed by atoms with E-state index in [4.69, 9.17) is 10.5 Å². The maximum absolute atomic E-state index is 12.8. The fraction of sp³-hybridized carbons (Fsp3) is 0.467.